The monoisotopic (exact) mass is 256 g/mol. The molecule has 104 valence electrons. The summed E-state index contributed by atoms with van der Waals surface area (Å²) in [5.41, 5.74) is 0. The maximum absolute atomic E-state index is 10.3. The second-order valence-electron chi connectivity index (χ2n) is 4.48. The molecule has 0 rings (SSSR count). The van der Waals surface area contributed by atoms with Crippen LogP contribution in [0.15, 0.2) is 12.2 Å². The number of allylic oxidation sites excluding steroid dienone is 1. The van der Waals surface area contributed by atoms with Crippen LogP contribution in [-0.2, 0) is 9.59 Å². The fourth-order valence-electron chi connectivity index (χ4n) is 1.72. The first-order valence-corrected chi connectivity index (χ1v) is 6.71. The molecule has 0 amide bonds. The van der Waals surface area contributed by atoms with Crippen LogP contribution in [0, 0.1) is 0 Å². The zero-order valence-electron chi connectivity index (χ0n) is 10.9. The molecule has 0 bridgehead atoms. The van der Waals surface area contributed by atoms with E-state index in [0.29, 0.717) is 0 Å². The highest BCUT2D eigenvalue weighted by atomic mass is 16.4. The minimum atomic E-state index is -0.785. The Hall–Kier alpha value is -1.32. The first kappa shape index (κ1) is 16.7. The minimum absolute atomic E-state index is 0.115. The zero-order chi connectivity index (χ0) is 13.6. The summed E-state index contributed by atoms with van der Waals surface area (Å²) < 4.78 is 0. The summed E-state index contributed by atoms with van der Waals surface area (Å²) in [6, 6.07) is 0. The summed E-state index contributed by atoms with van der Waals surface area (Å²) in [4.78, 5) is 20.5. The van der Waals surface area contributed by atoms with Gasteiger partial charge in [-0.1, -0.05) is 44.3 Å². The van der Waals surface area contributed by atoms with Gasteiger partial charge in [-0.15, -0.1) is 0 Å². The van der Waals surface area contributed by atoms with Crippen molar-refractivity contribution in [3.63, 3.8) is 0 Å². The van der Waals surface area contributed by atoms with Gasteiger partial charge in [0, 0.05) is 6.42 Å². The minimum Gasteiger partial charge on any atom is -0.481 e. The number of unbranched alkanes of at least 4 members (excludes halogenated alkanes) is 7. The number of aliphatic carboxylic acids is 2. The van der Waals surface area contributed by atoms with E-state index in [4.69, 9.17) is 10.2 Å². The molecular formula is C14H24O4. The van der Waals surface area contributed by atoms with Crippen LogP contribution in [0.1, 0.15) is 64.2 Å². The van der Waals surface area contributed by atoms with E-state index in [0.717, 1.165) is 38.5 Å². The highest BCUT2D eigenvalue weighted by Crippen LogP contribution is 2.10. The Bertz CT molecular complexity index is 259. The fourth-order valence-corrected chi connectivity index (χ4v) is 1.72. The molecule has 0 unspecified atom stereocenters. The first-order valence-electron chi connectivity index (χ1n) is 6.71. The number of carboxylic acids is 2. The van der Waals surface area contributed by atoms with Gasteiger partial charge in [0.15, 0.2) is 0 Å². The number of hydrogen-bond donors (Lipinski definition) is 2. The number of carboxylic acid groups (broad SMARTS) is 2. The van der Waals surface area contributed by atoms with Crippen LogP contribution in [0.2, 0.25) is 0 Å². The molecule has 2 N–H and O–H groups in total. The largest absolute Gasteiger partial charge is 0.481 e. The SMILES string of the molecule is O=C(O)C/C=C/CCCCCCCCCC(=O)O. The lowest BCUT2D eigenvalue weighted by atomic mass is 10.1. The average Bonchev–Trinajstić information content (AvgIpc) is 2.29. The van der Waals surface area contributed by atoms with Crippen LogP contribution in [0.5, 0.6) is 0 Å². The van der Waals surface area contributed by atoms with Crippen molar-refractivity contribution in [1.82, 2.24) is 0 Å². The van der Waals surface area contributed by atoms with Crippen molar-refractivity contribution in [2.24, 2.45) is 0 Å². The van der Waals surface area contributed by atoms with Gasteiger partial charge in [-0.2, -0.15) is 0 Å². The predicted octanol–water partition coefficient (Wildman–Crippen LogP) is 3.61. The standard InChI is InChI=1S/C14H24O4/c15-13(16)11-9-7-5-3-1-2-4-6-8-10-12-14(17)18/h7,9H,1-6,8,10-12H2,(H,15,16)(H,17,18)/b9-7+. The normalized spacial score (nSPS) is 10.9. The fraction of sp³-hybridized carbons (Fsp3) is 0.714. The van der Waals surface area contributed by atoms with Gasteiger partial charge < -0.3 is 10.2 Å². The Labute approximate surface area is 109 Å². The van der Waals surface area contributed by atoms with Gasteiger partial charge in [0.2, 0.25) is 0 Å². The van der Waals surface area contributed by atoms with Crippen molar-refractivity contribution in [3.8, 4) is 0 Å². The van der Waals surface area contributed by atoms with E-state index in [-0.39, 0.29) is 12.8 Å². The molecule has 0 aliphatic heterocycles. The molecule has 0 aromatic carbocycles. The van der Waals surface area contributed by atoms with Crippen LogP contribution in [0.3, 0.4) is 0 Å². The third-order valence-electron chi connectivity index (χ3n) is 2.72. The van der Waals surface area contributed by atoms with Crippen molar-refractivity contribution < 1.29 is 19.8 Å². The Morgan fingerprint density at radius 2 is 1.28 bits per heavy atom. The van der Waals surface area contributed by atoms with Crippen LogP contribution < -0.4 is 0 Å². The molecule has 4 nitrogen and oxygen atoms in total. The Morgan fingerprint density at radius 1 is 0.722 bits per heavy atom. The van der Waals surface area contributed by atoms with Crippen LogP contribution in [-0.4, -0.2) is 22.2 Å². The van der Waals surface area contributed by atoms with E-state index in [1.54, 1.807) is 6.08 Å². The van der Waals surface area contributed by atoms with Crippen molar-refractivity contribution in [3.05, 3.63) is 12.2 Å². The van der Waals surface area contributed by atoms with E-state index in [9.17, 15) is 9.59 Å². The van der Waals surface area contributed by atoms with Crippen molar-refractivity contribution in [2.75, 3.05) is 0 Å². The lowest BCUT2D eigenvalue weighted by Crippen LogP contribution is -1.93. The molecule has 0 radical (unpaired) electrons. The summed E-state index contributed by atoms with van der Waals surface area (Å²) in [5, 5.41) is 16.9. The highest BCUT2D eigenvalue weighted by Gasteiger charge is 1.96. The number of hydrogen-bond acceptors (Lipinski definition) is 2. The Balaban J connectivity index is 3.09. The van der Waals surface area contributed by atoms with Crippen molar-refractivity contribution in [1.29, 1.82) is 0 Å². The molecule has 0 aliphatic carbocycles. The van der Waals surface area contributed by atoms with Crippen molar-refractivity contribution >= 4 is 11.9 Å². The van der Waals surface area contributed by atoms with Crippen LogP contribution in [0.25, 0.3) is 0 Å². The van der Waals surface area contributed by atoms with Gasteiger partial charge in [-0.05, 0) is 19.3 Å². The Morgan fingerprint density at radius 3 is 1.83 bits per heavy atom. The second kappa shape index (κ2) is 12.1. The quantitative estimate of drug-likeness (QED) is 0.413. The Kier molecular flexibility index (Phi) is 11.3. The number of rotatable bonds is 12. The summed E-state index contributed by atoms with van der Waals surface area (Å²) >= 11 is 0. The number of carbonyl (C=O) groups is 2. The molecule has 0 saturated heterocycles. The molecule has 0 heterocycles. The third kappa shape index (κ3) is 14.7. The van der Waals surface area contributed by atoms with E-state index in [1.165, 1.54) is 12.8 Å². The smallest absolute Gasteiger partial charge is 0.307 e. The highest BCUT2D eigenvalue weighted by molar-refractivity contribution is 5.68. The molecule has 18 heavy (non-hydrogen) atoms. The van der Waals surface area contributed by atoms with Gasteiger partial charge in [0.25, 0.3) is 0 Å². The lowest BCUT2D eigenvalue weighted by Gasteiger charge is -2.00. The predicted molar refractivity (Wildman–Crippen MR) is 70.6 cm³/mol. The lowest BCUT2D eigenvalue weighted by molar-refractivity contribution is -0.137. The summed E-state index contributed by atoms with van der Waals surface area (Å²) in [6.07, 6.45) is 12.5. The molecular weight excluding hydrogens is 232 g/mol. The van der Waals surface area contributed by atoms with E-state index >= 15 is 0 Å². The van der Waals surface area contributed by atoms with Gasteiger partial charge in [0.05, 0.1) is 6.42 Å². The average molecular weight is 256 g/mol. The van der Waals surface area contributed by atoms with Gasteiger partial charge >= 0.3 is 11.9 Å². The molecule has 0 aromatic heterocycles. The molecule has 0 spiro atoms. The van der Waals surface area contributed by atoms with Crippen LogP contribution in [0.4, 0.5) is 0 Å². The third-order valence-corrected chi connectivity index (χ3v) is 2.72. The van der Waals surface area contributed by atoms with Crippen molar-refractivity contribution in [2.45, 2.75) is 64.2 Å². The topological polar surface area (TPSA) is 74.6 Å². The zero-order valence-corrected chi connectivity index (χ0v) is 10.9. The summed E-state index contributed by atoms with van der Waals surface area (Å²) in [6.45, 7) is 0. The van der Waals surface area contributed by atoms with E-state index in [2.05, 4.69) is 0 Å². The van der Waals surface area contributed by atoms with E-state index < -0.39 is 11.9 Å². The maximum Gasteiger partial charge on any atom is 0.307 e. The summed E-state index contributed by atoms with van der Waals surface area (Å²) in [5.74, 6) is -1.49. The van der Waals surface area contributed by atoms with Gasteiger partial charge in [-0.25, -0.2) is 0 Å². The van der Waals surface area contributed by atoms with Gasteiger partial charge in [0.1, 0.15) is 0 Å². The van der Waals surface area contributed by atoms with Gasteiger partial charge in [-0.3, -0.25) is 9.59 Å². The maximum atomic E-state index is 10.3. The van der Waals surface area contributed by atoms with E-state index in [1.807, 2.05) is 6.08 Å². The summed E-state index contributed by atoms with van der Waals surface area (Å²) in [7, 11) is 0. The second-order valence-corrected chi connectivity index (χ2v) is 4.48. The molecule has 0 aliphatic rings. The molecule has 0 atom stereocenters. The molecule has 4 heteroatoms. The molecule has 0 saturated carbocycles. The first-order chi connectivity index (χ1) is 8.63. The molecule has 0 fully saturated rings. The molecule has 0 aromatic rings. The van der Waals surface area contributed by atoms with Crippen LogP contribution >= 0.6 is 0 Å².